The smallest absolute Gasteiger partial charge is 0.101 e. The molecule has 1 aromatic carbocycles. The van der Waals surface area contributed by atoms with E-state index in [0.717, 1.165) is 25.9 Å². The van der Waals surface area contributed by atoms with Crippen LogP contribution < -0.4 is 5.73 Å². The van der Waals surface area contributed by atoms with Crippen molar-refractivity contribution >= 4 is 5.69 Å². The van der Waals surface area contributed by atoms with Gasteiger partial charge in [0, 0.05) is 0 Å². The summed E-state index contributed by atoms with van der Waals surface area (Å²) >= 11 is 0. The van der Waals surface area contributed by atoms with Crippen molar-refractivity contribution < 1.29 is 0 Å². The molecule has 0 aromatic heterocycles. The van der Waals surface area contributed by atoms with E-state index in [1.165, 1.54) is 18.5 Å². The number of nitrogens with two attached hydrogens (primary N) is 1. The van der Waals surface area contributed by atoms with Crippen molar-refractivity contribution in [1.29, 1.82) is 5.26 Å². The first-order chi connectivity index (χ1) is 8.76. The highest BCUT2D eigenvalue weighted by molar-refractivity contribution is 5.60. The van der Waals surface area contributed by atoms with Gasteiger partial charge < -0.3 is 10.6 Å². The minimum atomic E-state index is 0.520. The van der Waals surface area contributed by atoms with Gasteiger partial charge in [0.15, 0.2) is 0 Å². The fourth-order valence-electron chi connectivity index (χ4n) is 2.82. The van der Waals surface area contributed by atoms with Crippen LogP contribution in [-0.2, 0) is 0 Å². The molecule has 0 amide bonds. The number of nitriles is 1. The van der Waals surface area contributed by atoms with Gasteiger partial charge >= 0.3 is 0 Å². The Labute approximate surface area is 109 Å². The number of hydrogen-bond donors (Lipinski definition) is 1. The number of benzene rings is 1. The van der Waals surface area contributed by atoms with Crippen LogP contribution in [0.5, 0.6) is 0 Å². The van der Waals surface area contributed by atoms with Crippen molar-refractivity contribution in [1.82, 2.24) is 4.90 Å². The summed E-state index contributed by atoms with van der Waals surface area (Å²) in [5.41, 5.74) is 8.56. The maximum atomic E-state index is 9.02. The number of nitrogen functional groups attached to an aromatic ring is 1. The van der Waals surface area contributed by atoms with Crippen LogP contribution in [0.2, 0.25) is 0 Å². The molecule has 1 aliphatic heterocycles. The number of piperidine rings is 1. The molecule has 1 saturated heterocycles. The predicted molar refractivity (Wildman–Crippen MR) is 74.3 cm³/mol. The highest BCUT2D eigenvalue weighted by atomic mass is 15.1. The fraction of sp³-hybridized carbons (Fsp3) is 0.533. The lowest BCUT2D eigenvalue weighted by molar-refractivity contribution is 0.213. The van der Waals surface area contributed by atoms with Gasteiger partial charge in [-0.2, -0.15) is 5.26 Å². The van der Waals surface area contributed by atoms with Gasteiger partial charge in [0.05, 0.1) is 11.3 Å². The molecule has 0 radical (unpaired) electrons. The molecule has 1 aromatic rings. The van der Waals surface area contributed by atoms with Gasteiger partial charge in [-0.05, 0) is 56.4 Å². The second-order valence-electron chi connectivity index (χ2n) is 5.04. The van der Waals surface area contributed by atoms with Gasteiger partial charge in [0.1, 0.15) is 6.07 Å². The van der Waals surface area contributed by atoms with Gasteiger partial charge in [-0.3, -0.25) is 0 Å². The van der Waals surface area contributed by atoms with Crippen molar-refractivity contribution in [3.05, 3.63) is 29.3 Å². The van der Waals surface area contributed by atoms with Crippen LogP contribution in [-0.4, -0.2) is 24.5 Å². The Kier molecular flexibility index (Phi) is 4.22. The third kappa shape index (κ3) is 2.65. The second-order valence-corrected chi connectivity index (χ2v) is 5.04. The van der Waals surface area contributed by atoms with E-state index in [9.17, 15) is 0 Å². The van der Waals surface area contributed by atoms with Gasteiger partial charge in [-0.15, -0.1) is 0 Å². The molecule has 0 bridgehead atoms. The topological polar surface area (TPSA) is 53.0 Å². The lowest BCUT2D eigenvalue weighted by Gasteiger charge is -2.32. The first kappa shape index (κ1) is 12.9. The number of rotatable bonds is 3. The van der Waals surface area contributed by atoms with Crippen LogP contribution in [0.15, 0.2) is 18.2 Å². The van der Waals surface area contributed by atoms with E-state index in [0.29, 0.717) is 17.2 Å². The van der Waals surface area contributed by atoms with Crippen LogP contribution in [0.3, 0.4) is 0 Å². The molecule has 3 nitrogen and oxygen atoms in total. The van der Waals surface area contributed by atoms with Gasteiger partial charge in [-0.1, -0.05) is 19.1 Å². The number of para-hydroxylation sites is 1. The van der Waals surface area contributed by atoms with E-state index >= 15 is 0 Å². The van der Waals surface area contributed by atoms with Crippen molar-refractivity contribution in [2.24, 2.45) is 0 Å². The molecule has 0 spiro atoms. The minimum Gasteiger partial charge on any atom is -0.397 e. The summed E-state index contributed by atoms with van der Waals surface area (Å²) in [6.45, 7) is 5.71. The Morgan fingerprint density at radius 2 is 2.11 bits per heavy atom. The molecule has 0 aliphatic carbocycles. The van der Waals surface area contributed by atoms with Crippen molar-refractivity contribution in [2.75, 3.05) is 25.4 Å². The lowest BCUT2D eigenvalue weighted by Crippen LogP contribution is -2.33. The van der Waals surface area contributed by atoms with Gasteiger partial charge in [0.25, 0.3) is 0 Å². The summed E-state index contributed by atoms with van der Waals surface area (Å²) in [4.78, 5) is 2.51. The molecule has 1 fully saturated rings. The molecular formula is C15H21N3. The van der Waals surface area contributed by atoms with E-state index in [4.69, 9.17) is 11.0 Å². The van der Waals surface area contributed by atoms with Crippen molar-refractivity contribution in [2.45, 2.75) is 32.1 Å². The quantitative estimate of drug-likeness (QED) is 0.830. The Morgan fingerprint density at radius 1 is 1.39 bits per heavy atom. The predicted octanol–water partition coefficient (Wildman–Crippen LogP) is 2.73. The van der Waals surface area contributed by atoms with Crippen molar-refractivity contribution in [3.63, 3.8) is 0 Å². The monoisotopic (exact) mass is 243 g/mol. The summed E-state index contributed by atoms with van der Waals surface area (Å²) in [5, 5.41) is 9.02. The maximum Gasteiger partial charge on any atom is 0.101 e. The Hall–Kier alpha value is -1.53. The highest BCUT2D eigenvalue weighted by Crippen LogP contribution is 2.33. The summed E-state index contributed by atoms with van der Waals surface area (Å²) in [5.74, 6) is 0.520. The third-order valence-corrected chi connectivity index (χ3v) is 3.83. The van der Waals surface area contributed by atoms with E-state index in [1.54, 1.807) is 6.07 Å². The van der Waals surface area contributed by atoms with Crippen LogP contribution in [0.1, 0.15) is 43.2 Å². The zero-order valence-electron chi connectivity index (χ0n) is 11.0. The molecule has 0 unspecified atom stereocenters. The normalized spacial score (nSPS) is 17.6. The number of anilines is 1. The zero-order valence-corrected chi connectivity index (χ0v) is 11.0. The number of hydrogen-bond acceptors (Lipinski definition) is 3. The molecule has 2 rings (SSSR count). The first-order valence-corrected chi connectivity index (χ1v) is 6.77. The van der Waals surface area contributed by atoms with Crippen LogP contribution in [0.4, 0.5) is 5.69 Å². The Bertz CT molecular complexity index is 440. The molecule has 2 N–H and O–H groups in total. The van der Waals surface area contributed by atoms with E-state index in [-0.39, 0.29) is 0 Å². The van der Waals surface area contributed by atoms with Crippen LogP contribution >= 0.6 is 0 Å². The number of nitrogens with zero attached hydrogens (tertiary/aromatic N) is 2. The summed E-state index contributed by atoms with van der Waals surface area (Å²) in [7, 11) is 0. The lowest BCUT2D eigenvalue weighted by atomic mass is 9.87. The molecular weight excluding hydrogens is 222 g/mol. The summed E-state index contributed by atoms with van der Waals surface area (Å²) in [6.07, 6.45) is 3.52. The Balaban J connectivity index is 2.08. The van der Waals surface area contributed by atoms with Crippen LogP contribution in [0, 0.1) is 11.3 Å². The Morgan fingerprint density at radius 3 is 2.72 bits per heavy atom. The summed E-state index contributed by atoms with van der Waals surface area (Å²) < 4.78 is 0. The first-order valence-electron chi connectivity index (χ1n) is 6.77. The van der Waals surface area contributed by atoms with E-state index in [2.05, 4.69) is 24.0 Å². The molecule has 1 heterocycles. The van der Waals surface area contributed by atoms with E-state index < -0.39 is 0 Å². The highest BCUT2D eigenvalue weighted by Gasteiger charge is 2.22. The summed E-state index contributed by atoms with van der Waals surface area (Å²) in [6, 6.07) is 7.99. The molecule has 3 heteroatoms. The third-order valence-electron chi connectivity index (χ3n) is 3.83. The SMILES string of the molecule is CCCN1CCC(c2cccc(C#N)c2N)CC1. The van der Waals surface area contributed by atoms with E-state index in [1.807, 2.05) is 6.07 Å². The average molecular weight is 243 g/mol. The second kappa shape index (κ2) is 5.88. The van der Waals surface area contributed by atoms with Crippen molar-refractivity contribution in [3.8, 4) is 6.07 Å². The maximum absolute atomic E-state index is 9.02. The minimum absolute atomic E-state index is 0.520. The molecule has 96 valence electrons. The largest absolute Gasteiger partial charge is 0.397 e. The molecule has 0 saturated carbocycles. The van der Waals surface area contributed by atoms with Gasteiger partial charge in [0.2, 0.25) is 0 Å². The fourth-order valence-corrected chi connectivity index (χ4v) is 2.82. The average Bonchev–Trinajstić information content (AvgIpc) is 2.41. The van der Waals surface area contributed by atoms with Gasteiger partial charge in [-0.25, -0.2) is 0 Å². The number of likely N-dealkylation sites (tertiary alicyclic amines) is 1. The molecule has 0 atom stereocenters. The zero-order chi connectivity index (χ0) is 13.0. The molecule has 18 heavy (non-hydrogen) atoms. The molecule has 1 aliphatic rings. The standard InChI is InChI=1S/C15H21N3/c1-2-8-18-9-6-12(7-10-18)14-5-3-4-13(11-16)15(14)17/h3-5,12H,2,6-10,17H2,1H3. The van der Waals surface area contributed by atoms with Crippen LogP contribution in [0.25, 0.3) is 0 Å².